The van der Waals surface area contributed by atoms with E-state index in [1.165, 1.54) is 12.1 Å². The average molecular weight is 408 g/mol. The summed E-state index contributed by atoms with van der Waals surface area (Å²) < 4.78 is 26.0. The highest BCUT2D eigenvalue weighted by Crippen LogP contribution is 2.20. The van der Waals surface area contributed by atoms with Crippen LogP contribution in [-0.4, -0.2) is 27.1 Å². The molecule has 0 saturated heterocycles. The molecule has 142 valence electrons. The molecule has 0 bridgehead atoms. The van der Waals surface area contributed by atoms with Crippen molar-refractivity contribution in [3.8, 4) is 11.5 Å². The molecule has 0 unspecified atom stereocenters. The maximum Gasteiger partial charge on any atom is 0.191 e. The van der Waals surface area contributed by atoms with Crippen molar-refractivity contribution in [1.29, 1.82) is 0 Å². The Kier molecular flexibility index (Phi) is 6.95. The predicted molar refractivity (Wildman–Crippen MR) is 104 cm³/mol. The van der Waals surface area contributed by atoms with Gasteiger partial charge in [-0.1, -0.05) is 23.4 Å². The maximum atomic E-state index is 12.8. The first-order chi connectivity index (χ1) is 13.1. The first-order valence-corrected chi connectivity index (χ1v) is 9.76. The Labute approximate surface area is 166 Å². The van der Waals surface area contributed by atoms with Gasteiger partial charge in [0.25, 0.3) is 0 Å². The summed E-state index contributed by atoms with van der Waals surface area (Å²) in [4.78, 5) is 0. The van der Waals surface area contributed by atoms with Crippen molar-refractivity contribution in [2.24, 2.45) is 7.05 Å². The third kappa shape index (κ3) is 5.87. The molecule has 0 radical (unpaired) electrons. The van der Waals surface area contributed by atoms with Gasteiger partial charge in [-0.05, 0) is 55.0 Å². The van der Waals surface area contributed by atoms with Crippen molar-refractivity contribution in [2.75, 3.05) is 12.4 Å². The van der Waals surface area contributed by atoms with E-state index in [-0.39, 0.29) is 5.82 Å². The molecule has 0 aliphatic rings. The molecule has 0 spiro atoms. The molecule has 5 nitrogen and oxygen atoms in total. The fraction of sp³-hybridized carbons (Fsp3) is 0.263. The molecule has 3 aromatic rings. The standard InChI is InChI=1S/C19H19ClFN3O2S/c1-24-18(13-26-17-7-3-14(20)4-8-17)22-23-19(24)27-12-2-11-25-16-9-5-15(21)6-10-16/h3-10H,2,11-13H2,1H3. The topological polar surface area (TPSA) is 49.2 Å². The Morgan fingerprint density at radius 1 is 1.00 bits per heavy atom. The van der Waals surface area contributed by atoms with E-state index in [1.54, 1.807) is 36.0 Å². The van der Waals surface area contributed by atoms with Crippen LogP contribution in [0.2, 0.25) is 5.02 Å². The molecule has 0 amide bonds. The lowest BCUT2D eigenvalue weighted by Crippen LogP contribution is -2.04. The molecule has 8 heteroatoms. The SMILES string of the molecule is Cn1c(COc2ccc(Cl)cc2)nnc1SCCCOc1ccc(F)cc1. The number of ether oxygens (including phenoxy) is 2. The monoisotopic (exact) mass is 407 g/mol. The van der Waals surface area contributed by atoms with Gasteiger partial charge in [0.15, 0.2) is 11.0 Å². The van der Waals surface area contributed by atoms with Gasteiger partial charge in [-0.15, -0.1) is 10.2 Å². The van der Waals surface area contributed by atoms with Crippen molar-refractivity contribution in [2.45, 2.75) is 18.2 Å². The summed E-state index contributed by atoms with van der Waals surface area (Å²) in [6, 6.07) is 13.2. The summed E-state index contributed by atoms with van der Waals surface area (Å²) in [5.41, 5.74) is 0. The molecule has 0 atom stereocenters. The molecule has 0 N–H and O–H groups in total. The second-order valence-corrected chi connectivity index (χ2v) is 7.20. The fourth-order valence-corrected chi connectivity index (χ4v) is 3.19. The van der Waals surface area contributed by atoms with E-state index < -0.39 is 0 Å². The zero-order valence-electron chi connectivity index (χ0n) is 14.8. The minimum Gasteiger partial charge on any atom is -0.494 e. The summed E-state index contributed by atoms with van der Waals surface area (Å²) in [6.45, 7) is 0.891. The second kappa shape index (κ2) is 9.62. The van der Waals surface area contributed by atoms with Crippen LogP contribution in [0.25, 0.3) is 0 Å². The Morgan fingerprint density at radius 2 is 1.67 bits per heavy atom. The smallest absolute Gasteiger partial charge is 0.191 e. The van der Waals surface area contributed by atoms with Crippen molar-refractivity contribution < 1.29 is 13.9 Å². The molecule has 3 rings (SSSR count). The van der Waals surface area contributed by atoms with E-state index in [1.807, 2.05) is 23.7 Å². The highest BCUT2D eigenvalue weighted by molar-refractivity contribution is 7.99. The number of aromatic nitrogens is 3. The van der Waals surface area contributed by atoms with Crippen molar-refractivity contribution in [1.82, 2.24) is 14.8 Å². The highest BCUT2D eigenvalue weighted by Gasteiger charge is 2.10. The average Bonchev–Trinajstić information content (AvgIpc) is 3.02. The van der Waals surface area contributed by atoms with Gasteiger partial charge in [-0.3, -0.25) is 0 Å². The first-order valence-electron chi connectivity index (χ1n) is 8.39. The van der Waals surface area contributed by atoms with Crippen LogP contribution in [0.5, 0.6) is 11.5 Å². The van der Waals surface area contributed by atoms with E-state index in [0.717, 1.165) is 28.9 Å². The summed E-state index contributed by atoms with van der Waals surface area (Å²) in [7, 11) is 1.91. The van der Waals surface area contributed by atoms with Gasteiger partial charge >= 0.3 is 0 Å². The second-order valence-electron chi connectivity index (χ2n) is 5.70. The summed E-state index contributed by atoms with van der Waals surface area (Å²) in [5, 5.41) is 9.87. The van der Waals surface area contributed by atoms with Crippen LogP contribution in [-0.2, 0) is 13.7 Å². The number of thioether (sulfide) groups is 1. The van der Waals surface area contributed by atoms with Gasteiger partial charge in [0.2, 0.25) is 0 Å². The van der Waals surface area contributed by atoms with Crippen molar-refractivity contribution >= 4 is 23.4 Å². The molecule has 1 heterocycles. The summed E-state index contributed by atoms with van der Waals surface area (Å²) in [5.74, 6) is 2.72. The van der Waals surface area contributed by atoms with Crippen LogP contribution < -0.4 is 9.47 Å². The zero-order valence-corrected chi connectivity index (χ0v) is 16.3. The maximum absolute atomic E-state index is 12.8. The molecule has 1 aromatic heterocycles. The van der Waals surface area contributed by atoms with Crippen LogP contribution in [0, 0.1) is 5.82 Å². The Morgan fingerprint density at radius 3 is 2.41 bits per heavy atom. The molecular weight excluding hydrogens is 389 g/mol. The number of halogens is 2. The fourth-order valence-electron chi connectivity index (χ4n) is 2.22. The number of nitrogens with zero attached hydrogens (tertiary/aromatic N) is 3. The van der Waals surface area contributed by atoms with Crippen LogP contribution in [0.15, 0.2) is 53.7 Å². The van der Waals surface area contributed by atoms with E-state index in [2.05, 4.69) is 10.2 Å². The Balaban J connectivity index is 1.40. The van der Waals surface area contributed by atoms with E-state index in [4.69, 9.17) is 21.1 Å². The minimum atomic E-state index is -0.268. The quantitative estimate of drug-likeness (QED) is 0.378. The van der Waals surface area contributed by atoms with Gasteiger partial charge in [0.1, 0.15) is 23.9 Å². The first kappa shape index (κ1) is 19.5. The largest absolute Gasteiger partial charge is 0.494 e. The highest BCUT2D eigenvalue weighted by atomic mass is 35.5. The Bertz CT molecular complexity index is 856. The van der Waals surface area contributed by atoms with Gasteiger partial charge in [-0.2, -0.15) is 0 Å². The number of hydrogen-bond acceptors (Lipinski definition) is 5. The van der Waals surface area contributed by atoms with E-state index in [9.17, 15) is 4.39 Å². The van der Waals surface area contributed by atoms with E-state index in [0.29, 0.717) is 24.0 Å². The predicted octanol–water partition coefficient (Wildman–Crippen LogP) is 4.75. The van der Waals surface area contributed by atoms with Gasteiger partial charge in [-0.25, -0.2) is 4.39 Å². The zero-order chi connectivity index (χ0) is 19.1. The van der Waals surface area contributed by atoms with Crippen LogP contribution in [0.1, 0.15) is 12.2 Å². The van der Waals surface area contributed by atoms with Crippen molar-refractivity contribution in [3.05, 3.63) is 65.2 Å². The molecular formula is C19H19ClFN3O2S. The van der Waals surface area contributed by atoms with Gasteiger partial charge < -0.3 is 14.0 Å². The van der Waals surface area contributed by atoms with Crippen LogP contribution >= 0.6 is 23.4 Å². The van der Waals surface area contributed by atoms with Crippen molar-refractivity contribution in [3.63, 3.8) is 0 Å². The molecule has 0 aliphatic heterocycles. The number of rotatable bonds is 9. The number of benzene rings is 2. The lowest BCUT2D eigenvalue weighted by atomic mass is 10.3. The minimum absolute atomic E-state index is 0.268. The number of hydrogen-bond donors (Lipinski definition) is 0. The molecule has 0 aliphatic carbocycles. The Hall–Kier alpha value is -2.25. The van der Waals surface area contributed by atoms with Gasteiger partial charge in [0, 0.05) is 17.8 Å². The third-order valence-corrected chi connectivity index (χ3v) is 5.07. The summed E-state index contributed by atoms with van der Waals surface area (Å²) in [6.07, 6.45) is 0.839. The molecule has 27 heavy (non-hydrogen) atoms. The van der Waals surface area contributed by atoms with Crippen LogP contribution in [0.4, 0.5) is 4.39 Å². The van der Waals surface area contributed by atoms with Crippen LogP contribution in [0.3, 0.4) is 0 Å². The molecule has 0 fully saturated rings. The molecule has 0 saturated carbocycles. The van der Waals surface area contributed by atoms with E-state index >= 15 is 0 Å². The lowest BCUT2D eigenvalue weighted by Gasteiger charge is -2.07. The normalized spacial score (nSPS) is 10.8. The third-order valence-electron chi connectivity index (χ3n) is 3.71. The van der Waals surface area contributed by atoms with Gasteiger partial charge in [0.05, 0.1) is 6.61 Å². The molecule has 2 aromatic carbocycles. The summed E-state index contributed by atoms with van der Waals surface area (Å²) >= 11 is 7.47. The lowest BCUT2D eigenvalue weighted by molar-refractivity contribution is 0.290.